The average Bonchev–Trinajstić information content (AvgIpc) is 2.94. The van der Waals surface area contributed by atoms with E-state index in [-0.39, 0.29) is 12.4 Å². The van der Waals surface area contributed by atoms with Gasteiger partial charge in [-0.25, -0.2) is 4.79 Å². The average molecular weight is 424 g/mol. The van der Waals surface area contributed by atoms with Crippen molar-refractivity contribution in [3.05, 3.63) is 29.3 Å². The number of imide groups is 1. The number of carbonyl (C=O) groups excluding carboxylic acids is 2. The number of nitrogens with one attached hydrogen (secondary N) is 2. The maximum absolute atomic E-state index is 12.9. The van der Waals surface area contributed by atoms with E-state index >= 15 is 0 Å². The van der Waals surface area contributed by atoms with Crippen LogP contribution in [0.3, 0.4) is 0 Å². The Bertz CT molecular complexity index is 758. The molecule has 28 heavy (non-hydrogen) atoms. The van der Waals surface area contributed by atoms with Gasteiger partial charge >= 0.3 is 18.2 Å². The minimum atomic E-state index is -4.67. The highest BCUT2D eigenvalue weighted by Gasteiger charge is 2.52. The third kappa shape index (κ3) is 6.10. The molecule has 0 saturated carbocycles. The molecule has 1 fully saturated rings. The van der Waals surface area contributed by atoms with Gasteiger partial charge in [0, 0.05) is 18.8 Å². The van der Waals surface area contributed by atoms with Crippen LogP contribution in [0.15, 0.2) is 18.2 Å². The molecule has 1 saturated heterocycles. The molecule has 1 aromatic rings. The van der Waals surface area contributed by atoms with Crippen LogP contribution in [-0.2, 0) is 9.59 Å². The van der Waals surface area contributed by atoms with Crippen LogP contribution in [0.1, 0.15) is 11.1 Å². The minimum Gasteiger partial charge on any atom is -0.481 e. The molecule has 0 spiro atoms. The molecular weight excluding hydrogens is 403 g/mol. The quantitative estimate of drug-likeness (QED) is 0.691. The van der Waals surface area contributed by atoms with E-state index in [4.69, 9.17) is 5.11 Å². The number of urea groups is 1. The summed E-state index contributed by atoms with van der Waals surface area (Å²) in [5, 5.41) is 13.5. The normalized spacial score (nSPS) is 19.6. The van der Waals surface area contributed by atoms with Gasteiger partial charge in [0.2, 0.25) is 5.91 Å². The Morgan fingerprint density at radius 1 is 1.21 bits per heavy atom. The van der Waals surface area contributed by atoms with Crippen LogP contribution in [0.25, 0.3) is 0 Å². The van der Waals surface area contributed by atoms with Crippen molar-refractivity contribution in [3.63, 3.8) is 0 Å². The number of likely N-dealkylation sites (tertiary alicyclic amines) is 1. The van der Waals surface area contributed by atoms with Crippen molar-refractivity contribution in [3.8, 4) is 0 Å². The Labute approximate surface area is 165 Å². The maximum atomic E-state index is 12.9. The largest absolute Gasteiger partial charge is 0.481 e. The smallest absolute Gasteiger partial charge is 0.393 e. The zero-order valence-corrected chi connectivity index (χ0v) is 16.0. The van der Waals surface area contributed by atoms with Gasteiger partial charge in [-0.2, -0.15) is 13.2 Å². The Balaban J connectivity index is 0.00000392. The highest BCUT2D eigenvalue weighted by atomic mass is 35.5. The fourth-order valence-electron chi connectivity index (χ4n) is 3.07. The van der Waals surface area contributed by atoms with Crippen LogP contribution in [0.5, 0.6) is 0 Å². The SMILES string of the molecule is Cc1ccc(NC(=O)NC(=O)CN2C[C@@H](C(F)(F)F)[C@H](C(=O)O)C2)c(C)c1.Cl. The van der Waals surface area contributed by atoms with E-state index in [1.54, 1.807) is 19.1 Å². The van der Waals surface area contributed by atoms with E-state index < -0.39 is 55.6 Å². The van der Waals surface area contributed by atoms with E-state index in [0.29, 0.717) is 5.69 Å². The molecule has 0 aromatic heterocycles. The first-order valence-electron chi connectivity index (χ1n) is 8.17. The number of carboxylic acids is 1. The number of anilines is 1. The number of rotatable bonds is 4. The molecule has 2 rings (SSSR count). The third-order valence-corrected chi connectivity index (χ3v) is 4.38. The maximum Gasteiger partial charge on any atom is 0.393 e. The van der Waals surface area contributed by atoms with Gasteiger partial charge in [0.15, 0.2) is 0 Å². The first-order valence-corrected chi connectivity index (χ1v) is 8.17. The zero-order chi connectivity index (χ0) is 20.4. The minimum absolute atomic E-state index is 0. The van der Waals surface area contributed by atoms with Crippen LogP contribution in [0, 0.1) is 25.7 Å². The highest BCUT2D eigenvalue weighted by molar-refractivity contribution is 6.02. The van der Waals surface area contributed by atoms with Crippen LogP contribution in [0.2, 0.25) is 0 Å². The number of halogens is 4. The van der Waals surface area contributed by atoms with Crippen molar-refractivity contribution in [1.82, 2.24) is 10.2 Å². The number of aliphatic carboxylic acids is 1. The standard InChI is InChI=1S/C17H20F3N3O4.ClH/c1-9-3-4-13(10(2)5-9)21-16(27)22-14(24)8-23-6-11(15(25)26)12(7-23)17(18,19)20;/h3-5,11-12H,6-8H2,1-2H3,(H,25,26)(H2,21,22,24,27);1H/t11-,12-;/m1./s1. The lowest BCUT2D eigenvalue weighted by atomic mass is 9.96. The number of nitrogens with zero attached hydrogens (tertiary/aromatic N) is 1. The third-order valence-electron chi connectivity index (χ3n) is 4.38. The van der Waals surface area contributed by atoms with Gasteiger partial charge in [0.1, 0.15) is 0 Å². The number of carbonyl (C=O) groups is 3. The summed E-state index contributed by atoms with van der Waals surface area (Å²) in [5.74, 6) is -6.06. The van der Waals surface area contributed by atoms with Crippen molar-refractivity contribution in [2.45, 2.75) is 20.0 Å². The predicted octanol–water partition coefficient (Wildman–Crippen LogP) is 2.57. The molecule has 1 aliphatic heterocycles. The summed E-state index contributed by atoms with van der Waals surface area (Å²) in [6.07, 6.45) is -4.67. The van der Waals surface area contributed by atoms with Crippen molar-refractivity contribution >= 4 is 36.0 Å². The number of carboxylic acid groups (broad SMARTS) is 1. The van der Waals surface area contributed by atoms with Crippen molar-refractivity contribution in [2.24, 2.45) is 11.8 Å². The van der Waals surface area contributed by atoms with Gasteiger partial charge in [0.25, 0.3) is 0 Å². The van der Waals surface area contributed by atoms with Crippen LogP contribution < -0.4 is 10.6 Å². The lowest BCUT2D eigenvalue weighted by molar-refractivity contribution is -0.188. The number of benzene rings is 1. The summed E-state index contributed by atoms with van der Waals surface area (Å²) < 4.78 is 38.8. The second-order valence-electron chi connectivity index (χ2n) is 6.61. The summed E-state index contributed by atoms with van der Waals surface area (Å²) in [6.45, 7) is 2.14. The van der Waals surface area contributed by atoms with Crippen molar-refractivity contribution < 1.29 is 32.7 Å². The number of amides is 3. The van der Waals surface area contributed by atoms with Gasteiger partial charge in [-0.05, 0) is 25.5 Å². The molecule has 3 N–H and O–H groups in total. The first-order chi connectivity index (χ1) is 12.5. The Kier molecular flexibility index (Phi) is 7.83. The molecule has 2 atom stereocenters. The molecule has 1 heterocycles. The van der Waals surface area contributed by atoms with E-state index in [0.717, 1.165) is 16.0 Å². The Hall–Kier alpha value is -2.33. The fourth-order valence-corrected chi connectivity index (χ4v) is 3.07. The Morgan fingerprint density at radius 3 is 2.36 bits per heavy atom. The van der Waals surface area contributed by atoms with Gasteiger partial charge < -0.3 is 10.4 Å². The van der Waals surface area contributed by atoms with Crippen molar-refractivity contribution in [1.29, 1.82) is 0 Å². The molecule has 3 amide bonds. The summed E-state index contributed by atoms with van der Waals surface area (Å²) >= 11 is 0. The Morgan fingerprint density at radius 2 is 1.86 bits per heavy atom. The molecule has 7 nitrogen and oxygen atoms in total. The highest BCUT2D eigenvalue weighted by Crippen LogP contribution is 2.37. The monoisotopic (exact) mass is 423 g/mol. The summed E-state index contributed by atoms with van der Waals surface area (Å²) in [5.41, 5.74) is 2.28. The van der Waals surface area contributed by atoms with Crippen molar-refractivity contribution in [2.75, 3.05) is 25.0 Å². The molecule has 0 radical (unpaired) electrons. The summed E-state index contributed by atoms with van der Waals surface area (Å²) in [6, 6.07) is 4.47. The van der Waals surface area contributed by atoms with E-state index in [2.05, 4.69) is 5.32 Å². The first kappa shape index (κ1) is 23.7. The topological polar surface area (TPSA) is 98.7 Å². The van der Waals surface area contributed by atoms with Gasteiger partial charge in [-0.1, -0.05) is 17.7 Å². The van der Waals surface area contributed by atoms with E-state index in [9.17, 15) is 27.6 Å². The molecule has 156 valence electrons. The molecular formula is C17H21ClF3N3O4. The fraction of sp³-hybridized carbons (Fsp3) is 0.471. The van der Waals surface area contributed by atoms with E-state index in [1.165, 1.54) is 0 Å². The number of alkyl halides is 3. The van der Waals surface area contributed by atoms with Gasteiger partial charge in [-0.3, -0.25) is 19.8 Å². The van der Waals surface area contributed by atoms with Gasteiger partial charge in [-0.15, -0.1) is 12.4 Å². The van der Waals surface area contributed by atoms with E-state index in [1.807, 2.05) is 18.3 Å². The summed E-state index contributed by atoms with van der Waals surface area (Å²) in [4.78, 5) is 35.9. The molecule has 1 aliphatic rings. The lowest BCUT2D eigenvalue weighted by Gasteiger charge is -2.18. The lowest BCUT2D eigenvalue weighted by Crippen LogP contribution is -2.41. The predicted molar refractivity (Wildman–Crippen MR) is 97.4 cm³/mol. The number of aryl methyl sites for hydroxylation is 2. The molecule has 0 bridgehead atoms. The second-order valence-corrected chi connectivity index (χ2v) is 6.61. The summed E-state index contributed by atoms with van der Waals surface area (Å²) in [7, 11) is 0. The number of hydrogen-bond acceptors (Lipinski definition) is 4. The molecule has 11 heteroatoms. The zero-order valence-electron chi connectivity index (χ0n) is 15.2. The number of hydrogen-bond donors (Lipinski definition) is 3. The van der Waals surface area contributed by atoms with Crippen LogP contribution in [-0.4, -0.2) is 53.7 Å². The molecule has 1 aromatic carbocycles. The second kappa shape index (κ2) is 9.24. The van der Waals surface area contributed by atoms with Crippen LogP contribution >= 0.6 is 12.4 Å². The molecule has 0 aliphatic carbocycles. The van der Waals surface area contributed by atoms with Crippen LogP contribution in [0.4, 0.5) is 23.7 Å². The molecule has 0 unspecified atom stereocenters. The van der Waals surface area contributed by atoms with Gasteiger partial charge in [0.05, 0.1) is 18.4 Å².